The van der Waals surface area contributed by atoms with Crippen molar-refractivity contribution in [1.82, 2.24) is 19.6 Å². The van der Waals surface area contributed by atoms with Crippen LogP contribution in [0.4, 0.5) is 0 Å². The van der Waals surface area contributed by atoms with E-state index in [9.17, 15) is 4.79 Å². The van der Waals surface area contributed by atoms with E-state index in [1.54, 1.807) is 0 Å². The lowest BCUT2D eigenvalue weighted by molar-refractivity contribution is 0.211. The van der Waals surface area contributed by atoms with Gasteiger partial charge in [0.25, 0.3) is 5.56 Å². The van der Waals surface area contributed by atoms with Crippen molar-refractivity contribution >= 4 is 11.0 Å². The van der Waals surface area contributed by atoms with Crippen molar-refractivity contribution in [2.24, 2.45) is 0 Å². The second kappa shape index (κ2) is 9.67. The zero-order valence-corrected chi connectivity index (χ0v) is 19.8. The third-order valence-corrected chi connectivity index (χ3v) is 7.18. The second-order valence-corrected chi connectivity index (χ2v) is 9.45. The topological polar surface area (TPSA) is 73.4 Å². The third kappa shape index (κ3) is 4.56. The molecule has 0 saturated carbocycles. The molecule has 0 bridgehead atoms. The van der Waals surface area contributed by atoms with Crippen molar-refractivity contribution in [2.75, 3.05) is 26.2 Å². The Morgan fingerprint density at radius 1 is 1.18 bits per heavy atom. The smallest absolute Gasteiger partial charge is 0.256 e. The zero-order chi connectivity index (χ0) is 22.8. The Kier molecular flexibility index (Phi) is 6.49. The molecule has 2 aliphatic heterocycles. The lowest BCUT2D eigenvalue weighted by Crippen LogP contribution is -2.37. The molecule has 4 heterocycles. The van der Waals surface area contributed by atoms with Crippen molar-refractivity contribution < 1.29 is 9.26 Å². The highest BCUT2D eigenvalue weighted by atomic mass is 16.5. The van der Waals surface area contributed by atoms with Crippen LogP contribution in [0, 0.1) is 6.92 Å². The number of aromatic nitrogens is 3. The molecule has 0 N–H and O–H groups in total. The normalized spacial score (nSPS) is 17.4. The van der Waals surface area contributed by atoms with Crippen LogP contribution in [-0.2, 0) is 19.4 Å². The number of rotatable bonds is 7. The van der Waals surface area contributed by atoms with Gasteiger partial charge in [0.1, 0.15) is 11.6 Å². The van der Waals surface area contributed by atoms with E-state index in [2.05, 4.69) is 23.0 Å². The number of hydrogen-bond acceptors (Lipinski definition) is 6. The van der Waals surface area contributed by atoms with Crippen LogP contribution in [0.2, 0.25) is 0 Å². The Bertz CT molecular complexity index is 1170. The van der Waals surface area contributed by atoms with Crippen molar-refractivity contribution in [3.63, 3.8) is 0 Å². The van der Waals surface area contributed by atoms with E-state index in [0.717, 1.165) is 111 Å². The summed E-state index contributed by atoms with van der Waals surface area (Å²) in [7, 11) is 0. The predicted molar refractivity (Wildman–Crippen MR) is 128 cm³/mol. The lowest BCUT2D eigenvalue weighted by Gasteiger charge is -2.31. The van der Waals surface area contributed by atoms with Gasteiger partial charge in [-0.25, -0.2) is 4.98 Å². The van der Waals surface area contributed by atoms with Crippen LogP contribution < -0.4 is 10.3 Å². The van der Waals surface area contributed by atoms with Gasteiger partial charge in [0, 0.05) is 48.1 Å². The Hall–Kier alpha value is -2.67. The molecule has 2 aliphatic rings. The number of ether oxygens (including phenoxy) is 1. The highest BCUT2D eigenvalue weighted by Gasteiger charge is 2.26. The zero-order valence-electron chi connectivity index (χ0n) is 19.8. The van der Waals surface area contributed by atoms with Gasteiger partial charge in [-0.2, -0.15) is 0 Å². The number of nitrogens with zero attached hydrogens (tertiary/aromatic N) is 4. The van der Waals surface area contributed by atoms with E-state index >= 15 is 0 Å². The maximum absolute atomic E-state index is 13.0. The first-order valence-electron chi connectivity index (χ1n) is 12.5. The third-order valence-electron chi connectivity index (χ3n) is 7.18. The van der Waals surface area contributed by atoms with Gasteiger partial charge in [-0.05, 0) is 70.7 Å². The lowest BCUT2D eigenvalue weighted by atomic mass is 9.91. The first-order chi connectivity index (χ1) is 16.1. The second-order valence-electron chi connectivity index (χ2n) is 9.45. The number of piperidine rings is 1. The molecular weight excluding hydrogens is 416 g/mol. The van der Waals surface area contributed by atoms with Gasteiger partial charge in [-0.1, -0.05) is 12.1 Å². The Balaban J connectivity index is 1.20. The molecule has 0 unspecified atom stereocenters. The number of fused-ring (bicyclic) bond motifs is 2. The van der Waals surface area contributed by atoms with Gasteiger partial charge in [0.15, 0.2) is 5.58 Å². The molecule has 176 valence electrons. The molecule has 1 saturated heterocycles. The highest BCUT2D eigenvalue weighted by molar-refractivity contribution is 5.81. The molecule has 1 aromatic carbocycles. The first kappa shape index (κ1) is 22.1. The molecule has 0 amide bonds. The van der Waals surface area contributed by atoms with Crippen LogP contribution in [-0.4, -0.2) is 45.8 Å². The summed E-state index contributed by atoms with van der Waals surface area (Å²) in [5.74, 6) is 2.21. The van der Waals surface area contributed by atoms with Crippen LogP contribution in [0.3, 0.4) is 0 Å². The van der Waals surface area contributed by atoms with Gasteiger partial charge in [0.05, 0.1) is 12.3 Å². The average molecular weight is 451 g/mol. The quantitative estimate of drug-likeness (QED) is 0.536. The largest absolute Gasteiger partial charge is 0.493 e. The van der Waals surface area contributed by atoms with Gasteiger partial charge >= 0.3 is 0 Å². The molecule has 3 aromatic rings. The van der Waals surface area contributed by atoms with Crippen LogP contribution in [0.25, 0.3) is 11.0 Å². The fourth-order valence-corrected chi connectivity index (χ4v) is 5.26. The van der Waals surface area contributed by atoms with Crippen LogP contribution in [0.15, 0.2) is 27.5 Å². The minimum atomic E-state index is 0.184. The van der Waals surface area contributed by atoms with Crippen LogP contribution >= 0.6 is 0 Å². The number of aryl methyl sites for hydroxylation is 2. The average Bonchev–Trinajstić information content (AvgIpc) is 3.26. The molecule has 0 spiro atoms. The minimum absolute atomic E-state index is 0.184. The molecule has 5 rings (SSSR count). The molecule has 33 heavy (non-hydrogen) atoms. The fourth-order valence-electron chi connectivity index (χ4n) is 5.26. The Morgan fingerprint density at radius 2 is 2.03 bits per heavy atom. The summed E-state index contributed by atoms with van der Waals surface area (Å²) in [6, 6.07) is 6.04. The predicted octanol–water partition coefficient (Wildman–Crippen LogP) is 4.24. The maximum atomic E-state index is 13.0. The summed E-state index contributed by atoms with van der Waals surface area (Å²) in [6.45, 7) is 8.54. The standard InChI is InChI=1S/C26H34N4O3/c1-3-16-32-20-7-8-22-23(17-20)33-28-25(22)19-9-13-29(14-10-19)15-11-21-18(2)27-24-6-4-5-12-30(24)26(21)31/h7-8,17,19H,3-6,9-16H2,1-2H3. The summed E-state index contributed by atoms with van der Waals surface area (Å²) in [4.78, 5) is 20.2. The highest BCUT2D eigenvalue weighted by Crippen LogP contribution is 2.34. The van der Waals surface area contributed by atoms with Crippen LogP contribution in [0.1, 0.15) is 67.7 Å². The Morgan fingerprint density at radius 3 is 2.85 bits per heavy atom. The van der Waals surface area contributed by atoms with Gasteiger partial charge in [-0.15, -0.1) is 0 Å². The van der Waals surface area contributed by atoms with Crippen molar-refractivity contribution in [3.8, 4) is 5.75 Å². The van der Waals surface area contributed by atoms with Crippen LogP contribution in [0.5, 0.6) is 5.75 Å². The number of benzene rings is 1. The summed E-state index contributed by atoms with van der Waals surface area (Å²) in [5.41, 5.74) is 3.87. The van der Waals surface area contributed by atoms with E-state index < -0.39 is 0 Å². The summed E-state index contributed by atoms with van der Waals surface area (Å²) in [6.07, 6.45) is 6.99. The van der Waals surface area contributed by atoms with Gasteiger partial charge in [0.2, 0.25) is 0 Å². The van der Waals surface area contributed by atoms with Crippen molar-refractivity contribution in [2.45, 2.75) is 71.3 Å². The molecule has 0 aliphatic carbocycles. The number of hydrogen-bond donors (Lipinski definition) is 0. The van der Waals surface area contributed by atoms with E-state index in [-0.39, 0.29) is 5.56 Å². The summed E-state index contributed by atoms with van der Waals surface area (Å²) >= 11 is 0. The molecule has 0 radical (unpaired) electrons. The van der Waals surface area contributed by atoms with E-state index in [0.29, 0.717) is 12.5 Å². The monoisotopic (exact) mass is 450 g/mol. The SMILES string of the molecule is CCCOc1ccc2c(C3CCN(CCc4c(C)nc5n(c4=O)CCCC5)CC3)noc2c1. The van der Waals surface area contributed by atoms with E-state index in [1.165, 1.54) is 0 Å². The number of likely N-dealkylation sites (tertiary alicyclic amines) is 1. The molecular formula is C26H34N4O3. The van der Waals surface area contributed by atoms with Crippen molar-refractivity contribution in [1.29, 1.82) is 0 Å². The maximum Gasteiger partial charge on any atom is 0.256 e. The van der Waals surface area contributed by atoms with Crippen molar-refractivity contribution in [3.05, 3.63) is 51.3 Å². The molecule has 0 atom stereocenters. The molecule has 7 nitrogen and oxygen atoms in total. The van der Waals surface area contributed by atoms with Gasteiger partial charge < -0.3 is 14.2 Å². The van der Waals surface area contributed by atoms with E-state index in [4.69, 9.17) is 14.2 Å². The van der Waals surface area contributed by atoms with E-state index in [1.807, 2.05) is 23.6 Å². The minimum Gasteiger partial charge on any atom is -0.493 e. The molecule has 1 fully saturated rings. The molecule has 7 heteroatoms. The first-order valence-corrected chi connectivity index (χ1v) is 12.5. The Labute approximate surface area is 194 Å². The summed E-state index contributed by atoms with van der Waals surface area (Å²) in [5, 5.41) is 5.52. The summed E-state index contributed by atoms with van der Waals surface area (Å²) < 4.78 is 13.3. The molecule has 2 aromatic heterocycles. The fraction of sp³-hybridized carbons (Fsp3) is 0.577. The van der Waals surface area contributed by atoms with Gasteiger partial charge in [-0.3, -0.25) is 9.36 Å².